The summed E-state index contributed by atoms with van der Waals surface area (Å²) >= 11 is 0. The van der Waals surface area contributed by atoms with E-state index in [4.69, 9.17) is 9.47 Å². The lowest BCUT2D eigenvalue weighted by molar-refractivity contribution is 0.0233. The van der Waals surface area contributed by atoms with Crippen molar-refractivity contribution >= 4 is 0 Å². The number of aliphatic hydroxyl groups excluding tert-OH is 2. The Kier molecular flexibility index (Phi) is 9.42. The van der Waals surface area contributed by atoms with Crippen LogP contribution in [-0.4, -0.2) is 73.4 Å². The fourth-order valence-electron chi connectivity index (χ4n) is 5.03. The van der Waals surface area contributed by atoms with Gasteiger partial charge in [0.15, 0.2) is 0 Å². The predicted octanol–water partition coefficient (Wildman–Crippen LogP) is 2.64. The van der Waals surface area contributed by atoms with Crippen LogP contribution in [0, 0.1) is 35.5 Å². The molecule has 168 valence electrons. The normalized spacial score (nSPS) is 32.9. The molecule has 0 aromatic rings. The van der Waals surface area contributed by atoms with Crippen molar-refractivity contribution in [2.24, 2.45) is 23.7 Å². The zero-order valence-corrected chi connectivity index (χ0v) is 18.6. The summed E-state index contributed by atoms with van der Waals surface area (Å²) in [4.78, 5) is 2.39. The molecule has 3 rings (SSSR count). The third-order valence-electron chi connectivity index (χ3n) is 6.97. The average molecular weight is 418 g/mol. The molecule has 5 nitrogen and oxygen atoms in total. The van der Waals surface area contributed by atoms with Gasteiger partial charge < -0.3 is 19.7 Å². The van der Waals surface area contributed by atoms with E-state index in [1.54, 1.807) is 0 Å². The number of fused-ring (bicyclic) bond motifs is 1. The van der Waals surface area contributed by atoms with Crippen molar-refractivity contribution in [1.82, 2.24) is 4.90 Å². The van der Waals surface area contributed by atoms with Crippen molar-refractivity contribution < 1.29 is 19.7 Å². The van der Waals surface area contributed by atoms with Crippen molar-refractivity contribution in [2.75, 3.05) is 46.1 Å². The van der Waals surface area contributed by atoms with Gasteiger partial charge in [-0.25, -0.2) is 0 Å². The maximum Gasteiger partial charge on any atom is 0.0755 e. The molecule has 3 aliphatic rings. The first-order valence-corrected chi connectivity index (χ1v) is 11.6. The van der Waals surface area contributed by atoms with E-state index in [-0.39, 0.29) is 17.9 Å². The number of allylic oxidation sites excluding steroid dienone is 1. The van der Waals surface area contributed by atoms with E-state index >= 15 is 0 Å². The monoisotopic (exact) mass is 417 g/mol. The van der Waals surface area contributed by atoms with Gasteiger partial charge in [-0.1, -0.05) is 30.7 Å². The molecular formula is C25H39NO4. The number of hydrogen-bond acceptors (Lipinski definition) is 5. The minimum Gasteiger partial charge on any atom is -0.392 e. The Morgan fingerprint density at radius 2 is 2.10 bits per heavy atom. The van der Waals surface area contributed by atoms with Gasteiger partial charge in [-0.05, 0) is 43.9 Å². The second-order valence-corrected chi connectivity index (χ2v) is 9.09. The van der Waals surface area contributed by atoms with Crippen LogP contribution in [0.1, 0.15) is 39.5 Å². The Labute approximate surface area is 182 Å². The predicted molar refractivity (Wildman–Crippen MR) is 119 cm³/mol. The van der Waals surface area contributed by atoms with Gasteiger partial charge in [-0.15, -0.1) is 11.8 Å². The maximum absolute atomic E-state index is 10.5. The molecule has 30 heavy (non-hydrogen) atoms. The summed E-state index contributed by atoms with van der Waals surface area (Å²) in [7, 11) is 0. The molecule has 2 saturated carbocycles. The molecule has 0 amide bonds. The van der Waals surface area contributed by atoms with Crippen LogP contribution in [0.3, 0.4) is 0 Å². The second kappa shape index (κ2) is 12.0. The molecule has 1 saturated heterocycles. The van der Waals surface area contributed by atoms with Crippen LogP contribution in [0.25, 0.3) is 0 Å². The van der Waals surface area contributed by atoms with Gasteiger partial charge in [-0.2, -0.15) is 0 Å². The summed E-state index contributed by atoms with van der Waals surface area (Å²) in [5.74, 6) is 7.20. The Morgan fingerprint density at radius 3 is 2.87 bits per heavy atom. The van der Waals surface area contributed by atoms with Crippen LogP contribution in [0.2, 0.25) is 0 Å². The molecule has 0 unspecified atom stereocenters. The van der Waals surface area contributed by atoms with Crippen molar-refractivity contribution in [1.29, 1.82) is 0 Å². The number of rotatable bonds is 9. The standard InChI is InChI=1S/C25H39NO4/c1-3-4-5-19(2)24(27)7-6-22-23-17-20(16-21(23)18-25(22)28)8-12-29-13-9-26-10-14-30-15-11-26/h6-8,19,21-25,27-28H,5,9-18H2,1-2H3/b7-6+,20-8?/t19-,21+,22-,23+,24+,25-/m1/s1. The highest BCUT2D eigenvalue weighted by atomic mass is 16.5. The molecule has 0 radical (unpaired) electrons. The lowest BCUT2D eigenvalue weighted by Gasteiger charge is -2.26. The number of nitrogens with zero attached hydrogens (tertiary/aromatic N) is 1. The van der Waals surface area contributed by atoms with E-state index in [0.29, 0.717) is 24.9 Å². The molecule has 0 spiro atoms. The lowest BCUT2D eigenvalue weighted by Crippen LogP contribution is -2.38. The molecule has 6 atom stereocenters. The van der Waals surface area contributed by atoms with Crippen LogP contribution in [0.5, 0.6) is 0 Å². The Bertz CT molecular complexity index is 643. The summed E-state index contributed by atoms with van der Waals surface area (Å²) in [5, 5.41) is 20.9. The van der Waals surface area contributed by atoms with Crippen LogP contribution in [0.15, 0.2) is 23.8 Å². The molecular weight excluding hydrogens is 378 g/mol. The molecule has 0 aromatic carbocycles. The van der Waals surface area contributed by atoms with Gasteiger partial charge in [0.25, 0.3) is 0 Å². The minimum atomic E-state index is -0.506. The minimum absolute atomic E-state index is 0.108. The molecule has 1 heterocycles. The molecule has 0 bridgehead atoms. The molecule has 3 fully saturated rings. The summed E-state index contributed by atoms with van der Waals surface area (Å²) in [5.41, 5.74) is 1.47. The van der Waals surface area contributed by atoms with Crippen molar-refractivity contribution in [3.63, 3.8) is 0 Å². The summed E-state index contributed by atoms with van der Waals surface area (Å²) in [6.45, 7) is 9.92. The van der Waals surface area contributed by atoms with Gasteiger partial charge in [0, 0.05) is 32.0 Å². The fourth-order valence-corrected chi connectivity index (χ4v) is 5.03. The van der Waals surface area contributed by atoms with Gasteiger partial charge in [0.05, 0.1) is 38.6 Å². The molecule has 0 aromatic heterocycles. The Morgan fingerprint density at radius 1 is 1.30 bits per heavy atom. The summed E-state index contributed by atoms with van der Waals surface area (Å²) < 4.78 is 11.2. The number of ether oxygens (including phenoxy) is 2. The van der Waals surface area contributed by atoms with Crippen molar-refractivity contribution in [3.05, 3.63) is 23.8 Å². The smallest absolute Gasteiger partial charge is 0.0755 e. The molecule has 2 aliphatic carbocycles. The van der Waals surface area contributed by atoms with E-state index in [9.17, 15) is 10.2 Å². The van der Waals surface area contributed by atoms with Gasteiger partial charge in [0.1, 0.15) is 0 Å². The van der Waals surface area contributed by atoms with Gasteiger partial charge in [0.2, 0.25) is 0 Å². The van der Waals surface area contributed by atoms with Crippen LogP contribution < -0.4 is 0 Å². The molecule has 2 N–H and O–H groups in total. The van der Waals surface area contributed by atoms with E-state index < -0.39 is 6.10 Å². The third-order valence-corrected chi connectivity index (χ3v) is 6.97. The highest BCUT2D eigenvalue weighted by Gasteiger charge is 2.45. The Hall–Kier alpha value is -1.16. The number of aliphatic hydroxyl groups is 2. The van der Waals surface area contributed by atoms with Crippen molar-refractivity contribution in [3.8, 4) is 11.8 Å². The first-order valence-electron chi connectivity index (χ1n) is 11.6. The number of morpholine rings is 1. The SMILES string of the molecule is CC#CC[C@@H](C)[C@@H](O)/C=C/[C@@H]1[C@H]2CC(=CCOCCN3CCOCC3)C[C@H]2C[C@H]1O. The first-order chi connectivity index (χ1) is 14.6. The Balaban J connectivity index is 1.42. The second-order valence-electron chi connectivity index (χ2n) is 9.09. The first kappa shape index (κ1) is 23.5. The van der Waals surface area contributed by atoms with E-state index in [1.165, 1.54) is 5.57 Å². The lowest BCUT2D eigenvalue weighted by atomic mass is 9.89. The van der Waals surface area contributed by atoms with Gasteiger partial charge >= 0.3 is 0 Å². The van der Waals surface area contributed by atoms with E-state index in [1.807, 2.05) is 19.9 Å². The zero-order chi connectivity index (χ0) is 21.3. The topological polar surface area (TPSA) is 62.2 Å². The number of hydrogen-bond donors (Lipinski definition) is 2. The highest BCUT2D eigenvalue weighted by molar-refractivity contribution is 5.18. The largest absolute Gasteiger partial charge is 0.392 e. The molecule has 5 heteroatoms. The van der Waals surface area contributed by atoms with Crippen LogP contribution >= 0.6 is 0 Å². The van der Waals surface area contributed by atoms with Gasteiger partial charge in [-0.3, -0.25) is 4.90 Å². The summed E-state index contributed by atoms with van der Waals surface area (Å²) in [6.07, 6.45) is 9.08. The van der Waals surface area contributed by atoms with Crippen LogP contribution in [-0.2, 0) is 9.47 Å². The van der Waals surface area contributed by atoms with E-state index in [0.717, 1.165) is 58.7 Å². The summed E-state index contributed by atoms with van der Waals surface area (Å²) in [6, 6.07) is 0. The van der Waals surface area contributed by atoms with Crippen molar-refractivity contribution in [2.45, 2.75) is 51.7 Å². The van der Waals surface area contributed by atoms with Crippen LogP contribution in [0.4, 0.5) is 0 Å². The third kappa shape index (κ3) is 6.67. The van der Waals surface area contributed by atoms with E-state index in [2.05, 4.69) is 28.9 Å². The quantitative estimate of drug-likeness (QED) is 0.343. The zero-order valence-electron chi connectivity index (χ0n) is 18.6. The average Bonchev–Trinajstić information content (AvgIpc) is 3.27. The molecule has 1 aliphatic heterocycles. The maximum atomic E-state index is 10.5. The fraction of sp³-hybridized carbons (Fsp3) is 0.760. The highest BCUT2D eigenvalue weighted by Crippen LogP contribution is 2.50.